The van der Waals surface area contributed by atoms with Gasteiger partial charge in [-0.05, 0) is 30.4 Å². The lowest BCUT2D eigenvalue weighted by Gasteiger charge is -2.35. The number of allylic oxidation sites excluding steroid dienone is 1. The fourth-order valence-corrected chi connectivity index (χ4v) is 4.05. The van der Waals surface area contributed by atoms with Gasteiger partial charge in [0, 0.05) is 11.1 Å². The molecule has 0 bridgehead atoms. The number of rotatable bonds is 3. The van der Waals surface area contributed by atoms with Crippen molar-refractivity contribution in [2.24, 2.45) is 5.92 Å². The van der Waals surface area contributed by atoms with Gasteiger partial charge < -0.3 is 14.6 Å². The zero-order valence-corrected chi connectivity index (χ0v) is 14.5. The Morgan fingerprint density at radius 1 is 0.920 bits per heavy atom. The third kappa shape index (κ3) is 2.38. The molecule has 2 atom stereocenters. The van der Waals surface area contributed by atoms with Gasteiger partial charge in [0.15, 0.2) is 0 Å². The first kappa shape index (κ1) is 16.0. The Bertz CT molecular complexity index is 829. The van der Waals surface area contributed by atoms with Crippen LogP contribution in [-0.4, -0.2) is 5.11 Å². The Hall–Kier alpha value is -2.52. The molecule has 1 N–H and O–H groups in total. The molecule has 0 saturated heterocycles. The minimum absolute atomic E-state index is 0.328. The molecular formula is C22H22O3. The fraction of sp³-hybridized carbons (Fsp3) is 0.273. The molecule has 1 aliphatic carbocycles. The van der Waals surface area contributed by atoms with Crippen LogP contribution in [0.2, 0.25) is 0 Å². The molecule has 2 aromatic carbocycles. The normalized spacial score (nSPS) is 26.8. The maximum Gasteiger partial charge on any atom is 0.304 e. The molecule has 2 aromatic rings. The number of hydrogen-bond acceptors (Lipinski definition) is 3. The Kier molecular flexibility index (Phi) is 3.69. The topological polar surface area (TPSA) is 38.7 Å². The van der Waals surface area contributed by atoms with Crippen molar-refractivity contribution in [3.05, 3.63) is 95.5 Å². The molecule has 3 heteroatoms. The second kappa shape index (κ2) is 5.78. The van der Waals surface area contributed by atoms with Crippen molar-refractivity contribution in [1.29, 1.82) is 0 Å². The highest BCUT2D eigenvalue weighted by Crippen LogP contribution is 2.48. The Labute approximate surface area is 148 Å². The van der Waals surface area contributed by atoms with Gasteiger partial charge in [-0.3, -0.25) is 0 Å². The fourth-order valence-electron chi connectivity index (χ4n) is 4.05. The van der Waals surface area contributed by atoms with E-state index in [0.717, 1.165) is 22.3 Å². The largest absolute Gasteiger partial charge is 0.449 e. The van der Waals surface area contributed by atoms with Crippen molar-refractivity contribution in [3.8, 4) is 0 Å². The second-order valence-electron chi connectivity index (χ2n) is 6.93. The summed E-state index contributed by atoms with van der Waals surface area (Å²) in [6.45, 7) is 4.12. The molecular weight excluding hydrogens is 312 g/mol. The lowest BCUT2D eigenvalue weighted by atomic mass is 9.80. The van der Waals surface area contributed by atoms with Crippen LogP contribution in [-0.2, 0) is 20.9 Å². The molecule has 25 heavy (non-hydrogen) atoms. The molecule has 2 unspecified atom stereocenters. The van der Waals surface area contributed by atoms with E-state index in [-0.39, 0.29) is 0 Å². The summed E-state index contributed by atoms with van der Waals surface area (Å²) in [4.78, 5) is 0. The van der Waals surface area contributed by atoms with Crippen LogP contribution in [0.15, 0.2) is 78.8 Å². The molecule has 2 aliphatic rings. The molecule has 4 rings (SSSR count). The van der Waals surface area contributed by atoms with Crippen LogP contribution in [0.3, 0.4) is 0 Å². The minimum Gasteiger partial charge on any atom is -0.449 e. The van der Waals surface area contributed by atoms with Gasteiger partial charge in [0.05, 0.1) is 0 Å². The quantitative estimate of drug-likeness (QED) is 0.835. The maximum absolute atomic E-state index is 11.5. The van der Waals surface area contributed by atoms with Crippen LogP contribution >= 0.6 is 0 Å². The minimum atomic E-state index is -1.07. The smallest absolute Gasteiger partial charge is 0.304 e. The molecule has 1 aliphatic heterocycles. The third-order valence-corrected chi connectivity index (χ3v) is 5.21. The van der Waals surface area contributed by atoms with Crippen molar-refractivity contribution in [3.63, 3.8) is 0 Å². The number of benzene rings is 2. The first-order valence-corrected chi connectivity index (χ1v) is 8.64. The second-order valence-corrected chi connectivity index (χ2v) is 6.93. The molecule has 3 nitrogen and oxygen atoms in total. The molecule has 128 valence electrons. The van der Waals surface area contributed by atoms with Gasteiger partial charge in [-0.25, -0.2) is 0 Å². The average Bonchev–Trinajstić information content (AvgIpc) is 3.22. The predicted octanol–water partition coefficient (Wildman–Crippen LogP) is 4.58. The van der Waals surface area contributed by atoms with E-state index in [4.69, 9.17) is 9.47 Å². The summed E-state index contributed by atoms with van der Waals surface area (Å²) in [5.74, 6) is -0.742. The Morgan fingerprint density at radius 2 is 1.52 bits per heavy atom. The van der Waals surface area contributed by atoms with E-state index in [2.05, 4.69) is 13.0 Å². The molecule has 0 spiro atoms. The lowest BCUT2D eigenvalue weighted by Crippen LogP contribution is -2.35. The summed E-state index contributed by atoms with van der Waals surface area (Å²) in [7, 11) is 0. The Morgan fingerprint density at radius 3 is 2.12 bits per heavy atom. The summed E-state index contributed by atoms with van der Waals surface area (Å²) in [5.41, 5.74) is 2.52. The first-order chi connectivity index (χ1) is 12.1. The van der Waals surface area contributed by atoms with Crippen LogP contribution in [0.1, 0.15) is 37.0 Å². The van der Waals surface area contributed by atoms with E-state index in [1.807, 2.05) is 61.5 Å². The molecule has 0 saturated carbocycles. The van der Waals surface area contributed by atoms with Gasteiger partial charge in [-0.2, -0.15) is 0 Å². The SMILES string of the molecule is CC1=CC(C)CC1(O)c1ccccc1C1(c2ccccc2)OC=CO1. The van der Waals surface area contributed by atoms with Crippen molar-refractivity contribution in [1.82, 2.24) is 0 Å². The predicted molar refractivity (Wildman–Crippen MR) is 96.4 cm³/mol. The summed E-state index contributed by atoms with van der Waals surface area (Å²) in [6, 6.07) is 17.7. The highest BCUT2D eigenvalue weighted by atomic mass is 16.7. The maximum atomic E-state index is 11.5. The molecule has 0 amide bonds. The summed E-state index contributed by atoms with van der Waals surface area (Å²) in [6.07, 6.45) is 5.93. The van der Waals surface area contributed by atoms with Crippen LogP contribution in [0, 0.1) is 5.92 Å². The van der Waals surface area contributed by atoms with Crippen molar-refractivity contribution >= 4 is 0 Å². The molecule has 0 fully saturated rings. The standard InChI is InChI=1S/C22H22O3/c1-16-14-17(2)21(23,15-16)19-10-6-7-11-20(19)22(24-12-13-25-22)18-8-4-3-5-9-18/h3-14,16,23H,15H2,1-2H3. The van der Waals surface area contributed by atoms with Gasteiger partial charge in [-0.15, -0.1) is 0 Å². The van der Waals surface area contributed by atoms with Crippen molar-refractivity contribution in [2.45, 2.75) is 31.7 Å². The number of hydrogen-bond donors (Lipinski definition) is 1. The number of ether oxygens (including phenoxy) is 2. The van der Waals surface area contributed by atoms with Crippen molar-refractivity contribution < 1.29 is 14.6 Å². The van der Waals surface area contributed by atoms with E-state index in [9.17, 15) is 5.11 Å². The zero-order chi connectivity index (χ0) is 17.5. The zero-order valence-electron chi connectivity index (χ0n) is 14.5. The summed E-state index contributed by atoms with van der Waals surface area (Å²) < 4.78 is 12.0. The van der Waals surface area contributed by atoms with Gasteiger partial charge in [-0.1, -0.05) is 67.6 Å². The van der Waals surface area contributed by atoms with Gasteiger partial charge in [0.25, 0.3) is 0 Å². The van der Waals surface area contributed by atoms with Crippen molar-refractivity contribution in [2.75, 3.05) is 0 Å². The summed E-state index contributed by atoms with van der Waals surface area (Å²) >= 11 is 0. The first-order valence-electron chi connectivity index (χ1n) is 8.64. The van der Waals surface area contributed by atoms with E-state index in [1.165, 1.54) is 0 Å². The van der Waals surface area contributed by atoms with Gasteiger partial charge in [0.1, 0.15) is 18.1 Å². The molecule has 0 aromatic heterocycles. The monoisotopic (exact) mass is 334 g/mol. The highest BCUT2D eigenvalue weighted by molar-refractivity contribution is 5.47. The van der Waals surface area contributed by atoms with Crippen LogP contribution in [0.25, 0.3) is 0 Å². The molecule has 1 heterocycles. The van der Waals surface area contributed by atoms with Gasteiger partial charge >= 0.3 is 5.79 Å². The number of aliphatic hydroxyl groups is 1. The lowest BCUT2D eigenvalue weighted by molar-refractivity contribution is -0.115. The Balaban J connectivity index is 1.91. The van der Waals surface area contributed by atoms with E-state index < -0.39 is 11.4 Å². The summed E-state index contributed by atoms with van der Waals surface area (Å²) in [5, 5.41) is 11.5. The van der Waals surface area contributed by atoms with E-state index in [1.54, 1.807) is 12.5 Å². The molecule has 0 radical (unpaired) electrons. The average molecular weight is 334 g/mol. The van der Waals surface area contributed by atoms with Gasteiger partial charge in [0.2, 0.25) is 0 Å². The third-order valence-electron chi connectivity index (χ3n) is 5.21. The van der Waals surface area contributed by atoms with E-state index >= 15 is 0 Å². The van der Waals surface area contributed by atoms with E-state index in [0.29, 0.717) is 12.3 Å². The van der Waals surface area contributed by atoms with Crippen LogP contribution in [0.5, 0.6) is 0 Å². The van der Waals surface area contributed by atoms with Crippen LogP contribution < -0.4 is 0 Å². The van der Waals surface area contributed by atoms with Crippen LogP contribution in [0.4, 0.5) is 0 Å². The highest BCUT2D eigenvalue weighted by Gasteiger charge is 2.47.